The molecule has 0 radical (unpaired) electrons. The van der Waals surface area contributed by atoms with Crippen LogP contribution in [0.4, 0.5) is 5.13 Å². The number of aromatic nitrogens is 2. The van der Waals surface area contributed by atoms with Crippen LogP contribution in [0.3, 0.4) is 0 Å². The Morgan fingerprint density at radius 1 is 1.33 bits per heavy atom. The zero-order valence-electron chi connectivity index (χ0n) is 12.0. The van der Waals surface area contributed by atoms with Crippen molar-refractivity contribution in [1.29, 1.82) is 0 Å². The Hall–Kier alpha value is -1.60. The average molecular weight is 323 g/mol. The van der Waals surface area contributed by atoms with E-state index in [1.165, 1.54) is 11.3 Å². The molecule has 1 amide bonds. The van der Waals surface area contributed by atoms with Crippen molar-refractivity contribution in [2.45, 2.75) is 24.7 Å². The van der Waals surface area contributed by atoms with Gasteiger partial charge in [0, 0.05) is 17.1 Å². The van der Waals surface area contributed by atoms with Crippen LogP contribution < -0.4 is 10.1 Å². The molecule has 0 aliphatic carbocycles. The van der Waals surface area contributed by atoms with Gasteiger partial charge in [0.05, 0.1) is 7.11 Å². The standard InChI is InChI=1S/C14H17N3O2S2/c1-3-13-16-17-14(21-13)15-12(18)8-9-20-11-6-4-10(19-2)5-7-11/h4-7H,3,8-9H2,1-2H3,(H,15,17,18). The molecule has 0 aliphatic heterocycles. The van der Waals surface area contributed by atoms with E-state index < -0.39 is 0 Å². The molecular formula is C14H17N3O2S2. The third-order valence-electron chi connectivity index (χ3n) is 2.67. The lowest BCUT2D eigenvalue weighted by Crippen LogP contribution is -2.11. The first-order valence-corrected chi connectivity index (χ1v) is 8.40. The van der Waals surface area contributed by atoms with Crippen molar-refractivity contribution in [2.24, 2.45) is 0 Å². The van der Waals surface area contributed by atoms with Gasteiger partial charge in [-0.15, -0.1) is 22.0 Å². The fourth-order valence-electron chi connectivity index (χ4n) is 1.56. The Morgan fingerprint density at radius 2 is 2.10 bits per heavy atom. The quantitative estimate of drug-likeness (QED) is 0.793. The van der Waals surface area contributed by atoms with Crippen molar-refractivity contribution in [3.8, 4) is 5.75 Å². The van der Waals surface area contributed by atoms with E-state index >= 15 is 0 Å². The summed E-state index contributed by atoms with van der Waals surface area (Å²) in [5.41, 5.74) is 0. The van der Waals surface area contributed by atoms with Crippen LogP contribution in [-0.2, 0) is 11.2 Å². The third kappa shape index (κ3) is 5.02. The van der Waals surface area contributed by atoms with E-state index in [0.717, 1.165) is 27.8 Å². The minimum atomic E-state index is -0.0326. The SMILES string of the molecule is CCc1nnc(NC(=O)CCSc2ccc(OC)cc2)s1. The molecule has 0 unspecified atom stereocenters. The van der Waals surface area contributed by atoms with Gasteiger partial charge in [0.1, 0.15) is 10.8 Å². The highest BCUT2D eigenvalue weighted by atomic mass is 32.2. The Labute approximate surface area is 132 Å². The first-order valence-electron chi connectivity index (χ1n) is 6.60. The Bertz CT molecular complexity index is 584. The van der Waals surface area contributed by atoms with Crippen molar-refractivity contribution in [2.75, 3.05) is 18.2 Å². The maximum atomic E-state index is 11.8. The molecule has 1 heterocycles. The first-order chi connectivity index (χ1) is 10.2. The summed E-state index contributed by atoms with van der Waals surface area (Å²) in [6.45, 7) is 2.01. The summed E-state index contributed by atoms with van der Waals surface area (Å²) in [4.78, 5) is 12.9. The van der Waals surface area contributed by atoms with Crippen molar-refractivity contribution in [3.05, 3.63) is 29.3 Å². The molecule has 0 bridgehead atoms. The van der Waals surface area contributed by atoms with E-state index in [1.807, 2.05) is 31.2 Å². The van der Waals surface area contributed by atoms with Gasteiger partial charge in [-0.3, -0.25) is 4.79 Å². The lowest BCUT2D eigenvalue weighted by molar-refractivity contribution is -0.115. The molecule has 2 rings (SSSR count). The van der Waals surface area contributed by atoms with Gasteiger partial charge < -0.3 is 10.1 Å². The number of nitrogens with zero attached hydrogens (tertiary/aromatic N) is 2. The van der Waals surface area contributed by atoms with Crippen molar-refractivity contribution >= 4 is 34.1 Å². The molecule has 2 aromatic rings. The predicted molar refractivity (Wildman–Crippen MR) is 86.3 cm³/mol. The van der Waals surface area contributed by atoms with Gasteiger partial charge in [0.25, 0.3) is 0 Å². The maximum Gasteiger partial charge on any atom is 0.227 e. The highest BCUT2D eigenvalue weighted by Crippen LogP contribution is 2.22. The smallest absolute Gasteiger partial charge is 0.227 e. The van der Waals surface area contributed by atoms with Crippen LogP contribution in [0.25, 0.3) is 0 Å². The molecule has 1 N–H and O–H groups in total. The van der Waals surface area contributed by atoms with E-state index in [9.17, 15) is 4.79 Å². The zero-order valence-corrected chi connectivity index (χ0v) is 13.6. The lowest BCUT2D eigenvalue weighted by atomic mass is 10.3. The highest BCUT2D eigenvalue weighted by molar-refractivity contribution is 7.99. The largest absolute Gasteiger partial charge is 0.497 e. The van der Waals surface area contributed by atoms with Gasteiger partial charge in [0.2, 0.25) is 11.0 Å². The molecule has 0 aliphatic rings. The van der Waals surface area contributed by atoms with E-state index in [-0.39, 0.29) is 5.91 Å². The molecule has 0 saturated heterocycles. The zero-order chi connectivity index (χ0) is 15.1. The Morgan fingerprint density at radius 3 is 2.71 bits per heavy atom. The number of carbonyl (C=O) groups excluding carboxylic acids is 1. The second kappa shape index (κ2) is 7.99. The number of aryl methyl sites for hydroxylation is 1. The van der Waals surface area contributed by atoms with Crippen LogP contribution in [0.2, 0.25) is 0 Å². The summed E-state index contributed by atoms with van der Waals surface area (Å²) < 4.78 is 5.10. The summed E-state index contributed by atoms with van der Waals surface area (Å²) in [6, 6.07) is 7.80. The maximum absolute atomic E-state index is 11.8. The summed E-state index contributed by atoms with van der Waals surface area (Å²) >= 11 is 3.06. The number of carbonyl (C=O) groups is 1. The van der Waals surface area contributed by atoms with Crippen molar-refractivity contribution in [3.63, 3.8) is 0 Å². The van der Waals surface area contributed by atoms with Crippen molar-refractivity contribution in [1.82, 2.24) is 10.2 Å². The summed E-state index contributed by atoms with van der Waals surface area (Å²) in [5, 5.41) is 12.2. The number of nitrogens with one attached hydrogen (secondary N) is 1. The molecule has 112 valence electrons. The molecule has 1 aromatic heterocycles. The number of anilines is 1. The topological polar surface area (TPSA) is 64.1 Å². The summed E-state index contributed by atoms with van der Waals surface area (Å²) in [6.07, 6.45) is 1.28. The number of methoxy groups -OCH3 is 1. The molecular weight excluding hydrogens is 306 g/mol. The molecule has 5 nitrogen and oxygen atoms in total. The number of benzene rings is 1. The number of hydrogen-bond donors (Lipinski definition) is 1. The van der Waals surface area contributed by atoms with Gasteiger partial charge in [-0.25, -0.2) is 0 Å². The second-order valence-electron chi connectivity index (χ2n) is 4.18. The number of rotatable bonds is 7. The van der Waals surface area contributed by atoms with Crippen LogP contribution >= 0.6 is 23.1 Å². The normalized spacial score (nSPS) is 10.4. The molecule has 0 atom stereocenters. The van der Waals surface area contributed by atoms with Crippen LogP contribution in [0.5, 0.6) is 5.75 Å². The fraction of sp³-hybridized carbons (Fsp3) is 0.357. The van der Waals surface area contributed by atoms with Crippen LogP contribution in [-0.4, -0.2) is 29.0 Å². The van der Waals surface area contributed by atoms with Crippen LogP contribution in [0.1, 0.15) is 18.4 Å². The van der Waals surface area contributed by atoms with Gasteiger partial charge >= 0.3 is 0 Å². The number of amides is 1. The first kappa shape index (κ1) is 15.8. The van der Waals surface area contributed by atoms with E-state index in [0.29, 0.717) is 11.6 Å². The fourth-order valence-corrected chi connectivity index (χ4v) is 3.11. The number of hydrogen-bond acceptors (Lipinski definition) is 6. The van der Waals surface area contributed by atoms with Crippen LogP contribution in [0, 0.1) is 0 Å². The molecule has 0 saturated carbocycles. The minimum Gasteiger partial charge on any atom is -0.497 e. The monoisotopic (exact) mass is 323 g/mol. The number of thioether (sulfide) groups is 1. The van der Waals surface area contributed by atoms with E-state index in [2.05, 4.69) is 15.5 Å². The average Bonchev–Trinajstić information content (AvgIpc) is 2.95. The van der Waals surface area contributed by atoms with Crippen molar-refractivity contribution < 1.29 is 9.53 Å². The highest BCUT2D eigenvalue weighted by Gasteiger charge is 2.07. The molecule has 0 fully saturated rings. The van der Waals surface area contributed by atoms with E-state index in [1.54, 1.807) is 18.9 Å². The van der Waals surface area contributed by atoms with Gasteiger partial charge in [0.15, 0.2) is 0 Å². The summed E-state index contributed by atoms with van der Waals surface area (Å²) in [7, 11) is 1.64. The van der Waals surface area contributed by atoms with Crippen LogP contribution in [0.15, 0.2) is 29.2 Å². The third-order valence-corrected chi connectivity index (χ3v) is 4.67. The second-order valence-corrected chi connectivity index (χ2v) is 6.41. The number of ether oxygens (including phenoxy) is 1. The lowest BCUT2D eigenvalue weighted by Gasteiger charge is -2.03. The predicted octanol–water partition coefficient (Wildman–Crippen LogP) is 3.23. The molecule has 21 heavy (non-hydrogen) atoms. The molecule has 0 spiro atoms. The Balaban J connectivity index is 1.73. The molecule has 1 aromatic carbocycles. The van der Waals surface area contributed by atoms with E-state index in [4.69, 9.17) is 4.74 Å². The van der Waals surface area contributed by atoms with Gasteiger partial charge in [-0.05, 0) is 30.7 Å². The van der Waals surface area contributed by atoms with Gasteiger partial charge in [-0.2, -0.15) is 0 Å². The minimum absolute atomic E-state index is 0.0326. The van der Waals surface area contributed by atoms with Gasteiger partial charge in [-0.1, -0.05) is 18.3 Å². The Kier molecular flexibility index (Phi) is 6.01. The molecule has 7 heteroatoms. The summed E-state index contributed by atoms with van der Waals surface area (Å²) in [5.74, 6) is 1.52.